The average Bonchev–Trinajstić information content (AvgIpc) is 3.11. The minimum atomic E-state index is -3.14. The number of anilines is 1. The van der Waals surface area contributed by atoms with Crippen LogP contribution in [0.15, 0.2) is 52.9 Å². The van der Waals surface area contributed by atoms with E-state index in [0.717, 1.165) is 20.1 Å². The molecule has 3 rings (SSSR count). The third kappa shape index (κ3) is 6.39. The molecule has 1 N–H and O–H groups in total. The number of fused-ring (bicyclic) bond motifs is 1. The summed E-state index contributed by atoms with van der Waals surface area (Å²) in [5.74, 6) is 0.183. The van der Waals surface area contributed by atoms with Gasteiger partial charge in [-0.05, 0) is 43.7 Å². The van der Waals surface area contributed by atoms with Crippen molar-refractivity contribution in [2.45, 2.75) is 24.3 Å². The molecule has 0 saturated heterocycles. The minimum absolute atomic E-state index is 0.101. The van der Waals surface area contributed by atoms with Crippen LogP contribution in [-0.4, -0.2) is 29.9 Å². The zero-order chi connectivity index (χ0) is 20.7. The lowest BCUT2D eigenvalue weighted by molar-refractivity contribution is -0.113. The van der Waals surface area contributed by atoms with E-state index in [2.05, 4.69) is 10.3 Å². The molecule has 0 radical (unpaired) electrons. The van der Waals surface area contributed by atoms with Crippen molar-refractivity contribution in [2.24, 2.45) is 0 Å². The number of carbonyl (C=O) groups excluding carboxylic acids is 1. The van der Waals surface area contributed by atoms with Crippen molar-refractivity contribution < 1.29 is 18.4 Å². The molecule has 3 aromatic rings. The molecule has 154 valence electrons. The van der Waals surface area contributed by atoms with E-state index < -0.39 is 7.60 Å². The van der Waals surface area contributed by atoms with Crippen molar-refractivity contribution in [2.75, 3.05) is 24.3 Å². The number of aromatic nitrogens is 1. The van der Waals surface area contributed by atoms with Gasteiger partial charge in [-0.1, -0.05) is 36.0 Å². The Morgan fingerprint density at radius 2 is 1.79 bits per heavy atom. The molecule has 1 heterocycles. The minimum Gasteiger partial charge on any atom is -0.325 e. The number of nitrogens with zero attached hydrogens (tertiary/aromatic N) is 1. The molecule has 0 unspecified atom stereocenters. The van der Waals surface area contributed by atoms with E-state index in [1.807, 2.05) is 36.4 Å². The van der Waals surface area contributed by atoms with Crippen LogP contribution in [0.1, 0.15) is 19.4 Å². The Hall–Kier alpha value is -1.70. The molecule has 0 saturated carbocycles. The highest BCUT2D eigenvalue weighted by Gasteiger charge is 2.23. The van der Waals surface area contributed by atoms with Gasteiger partial charge in [0.05, 0.1) is 35.3 Å². The summed E-state index contributed by atoms with van der Waals surface area (Å²) in [4.78, 5) is 16.8. The fraction of sp³-hybridized carbons (Fsp3) is 0.300. The van der Waals surface area contributed by atoms with Gasteiger partial charge in [-0.15, -0.1) is 11.3 Å². The topological polar surface area (TPSA) is 77.5 Å². The maximum Gasteiger partial charge on any atom is 0.335 e. The SMILES string of the molecule is CCOP(=O)(Cc1ccc(NC(=O)CSc2nc3ccccc3s2)cc1)OCC. The molecule has 0 spiro atoms. The third-order valence-electron chi connectivity index (χ3n) is 3.87. The molecule has 0 fully saturated rings. The van der Waals surface area contributed by atoms with E-state index in [0.29, 0.717) is 18.9 Å². The highest BCUT2D eigenvalue weighted by atomic mass is 32.2. The predicted octanol–water partition coefficient (Wildman–Crippen LogP) is 5.79. The molecule has 9 heteroatoms. The lowest BCUT2D eigenvalue weighted by atomic mass is 10.2. The van der Waals surface area contributed by atoms with E-state index in [4.69, 9.17) is 9.05 Å². The van der Waals surface area contributed by atoms with Crippen LogP contribution in [0.3, 0.4) is 0 Å². The second kappa shape index (κ2) is 10.4. The third-order valence-corrected chi connectivity index (χ3v) is 8.10. The normalized spacial score (nSPS) is 11.7. The van der Waals surface area contributed by atoms with Crippen LogP contribution < -0.4 is 5.32 Å². The van der Waals surface area contributed by atoms with Gasteiger partial charge >= 0.3 is 7.60 Å². The van der Waals surface area contributed by atoms with Gasteiger partial charge in [0, 0.05) is 5.69 Å². The van der Waals surface area contributed by atoms with Gasteiger partial charge in [0.2, 0.25) is 5.91 Å². The number of hydrogen-bond donors (Lipinski definition) is 1. The molecular formula is C20H23N2O4PS2. The first-order chi connectivity index (χ1) is 14.0. The average molecular weight is 451 g/mol. The Labute approximate surface area is 178 Å². The number of carbonyl (C=O) groups is 1. The first-order valence-corrected chi connectivity index (χ1v) is 12.8. The second-order valence-corrected chi connectivity index (χ2v) is 10.4. The Morgan fingerprint density at radius 3 is 2.45 bits per heavy atom. The van der Waals surface area contributed by atoms with Gasteiger partial charge in [0.1, 0.15) is 0 Å². The quantitative estimate of drug-likeness (QED) is 0.311. The van der Waals surface area contributed by atoms with Crippen LogP contribution in [0.2, 0.25) is 0 Å². The van der Waals surface area contributed by atoms with E-state index in [1.54, 1.807) is 37.3 Å². The van der Waals surface area contributed by atoms with Gasteiger partial charge in [-0.3, -0.25) is 9.36 Å². The Morgan fingerprint density at radius 1 is 1.10 bits per heavy atom. The molecule has 1 amide bonds. The number of benzene rings is 2. The molecule has 0 bridgehead atoms. The summed E-state index contributed by atoms with van der Waals surface area (Å²) >= 11 is 3.00. The van der Waals surface area contributed by atoms with Crippen molar-refractivity contribution in [3.05, 3.63) is 54.1 Å². The standard InChI is InChI=1S/C20H23N2O4PS2/c1-3-25-27(24,26-4-2)13-15-9-11-16(12-10-15)21-19(23)14-28-20-22-17-7-5-6-8-18(17)29-20/h5-12H,3-4,13-14H2,1-2H3,(H,21,23). The van der Waals surface area contributed by atoms with E-state index in [1.165, 1.54) is 11.8 Å². The molecule has 0 aliphatic rings. The van der Waals surface area contributed by atoms with Gasteiger partial charge in [0.25, 0.3) is 0 Å². The fourth-order valence-electron chi connectivity index (χ4n) is 2.68. The number of para-hydroxylation sites is 1. The zero-order valence-corrected chi connectivity index (χ0v) is 18.8. The van der Waals surface area contributed by atoms with E-state index in [-0.39, 0.29) is 17.8 Å². The molecule has 2 aromatic carbocycles. The van der Waals surface area contributed by atoms with Crippen LogP contribution in [0.4, 0.5) is 5.69 Å². The highest BCUT2D eigenvalue weighted by molar-refractivity contribution is 8.01. The summed E-state index contributed by atoms with van der Waals surface area (Å²) in [6.45, 7) is 4.24. The van der Waals surface area contributed by atoms with Crippen LogP contribution >= 0.6 is 30.7 Å². The summed E-state index contributed by atoms with van der Waals surface area (Å²) in [6, 6.07) is 15.1. The van der Waals surface area contributed by atoms with Gasteiger partial charge in [-0.2, -0.15) is 0 Å². The first kappa shape index (κ1) is 22.0. The number of thiazole rings is 1. The summed E-state index contributed by atoms with van der Waals surface area (Å²) in [5, 5.41) is 2.87. The molecule has 0 aliphatic heterocycles. The fourth-order valence-corrected chi connectivity index (χ4v) is 6.25. The Balaban J connectivity index is 1.53. The molecule has 6 nitrogen and oxygen atoms in total. The number of thioether (sulfide) groups is 1. The maximum absolute atomic E-state index is 12.6. The van der Waals surface area contributed by atoms with Crippen molar-refractivity contribution in [3.8, 4) is 0 Å². The van der Waals surface area contributed by atoms with Crippen LogP contribution in [0, 0.1) is 0 Å². The Kier molecular flexibility index (Phi) is 7.86. The van der Waals surface area contributed by atoms with Gasteiger partial charge in [0.15, 0.2) is 4.34 Å². The number of rotatable bonds is 10. The number of nitrogens with one attached hydrogen (secondary N) is 1. The zero-order valence-electron chi connectivity index (χ0n) is 16.3. The van der Waals surface area contributed by atoms with Crippen molar-refractivity contribution in [3.63, 3.8) is 0 Å². The molecule has 29 heavy (non-hydrogen) atoms. The first-order valence-electron chi connectivity index (χ1n) is 9.26. The van der Waals surface area contributed by atoms with Gasteiger partial charge in [-0.25, -0.2) is 4.98 Å². The largest absolute Gasteiger partial charge is 0.335 e. The van der Waals surface area contributed by atoms with Crippen molar-refractivity contribution >= 4 is 52.5 Å². The van der Waals surface area contributed by atoms with E-state index >= 15 is 0 Å². The van der Waals surface area contributed by atoms with E-state index in [9.17, 15) is 9.36 Å². The lowest BCUT2D eigenvalue weighted by Gasteiger charge is -2.17. The second-order valence-electron chi connectivity index (χ2n) is 6.09. The smallest absolute Gasteiger partial charge is 0.325 e. The van der Waals surface area contributed by atoms with Crippen LogP contribution in [0.5, 0.6) is 0 Å². The van der Waals surface area contributed by atoms with Crippen molar-refractivity contribution in [1.82, 2.24) is 4.98 Å². The summed E-state index contributed by atoms with van der Waals surface area (Å²) < 4.78 is 25.2. The summed E-state index contributed by atoms with van der Waals surface area (Å²) in [6.07, 6.45) is 0.205. The monoisotopic (exact) mass is 450 g/mol. The predicted molar refractivity (Wildman–Crippen MR) is 120 cm³/mol. The number of amides is 1. The molecular weight excluding hydrogens is 427 g/mol. The maximum atomic E-state index is 12.6. The van der Waals surface area contributed by atoms with Crippen LogP contribution in [0.25, 0.3) is 10.2 Å². The van der Waals surface area contributed by atoms with Crippen molar-refractivity contribution in [1.29, 1.82) is 0 Å². The summed E-state index contributed by atoms with van der Waals surface area (Å²) in [5.41, 5.74) is 2.47. The molecule has 0 aliphatic carbocycles. The number of hydrogen-bond acceptors (Lipinski definition) is 7. The highest BCUT2D eigenvalue weighted by Crippen LogP contribution is 2.51. The molecule has 0 atom stereocenters. The lowest BCUT2D eigenvalue weighted by Crippen LogP contribution is -2.13. The van der Waals surface area contributed by atoms with Gasteiger partial charge < -0.3 is 14.4 Å². The molecule has 1 aromatic heterocycles. The Bertz CT molecular complexity index is 964. The summed E-state index contributed by atoms with van der Waals surface area (Å²) in [7, 11) is -3.14. The van der Waals surface area contributed by atoms with Crippen LogP contribution in [-0.2, 0) is 24.6 Å².